The highest BCUT2D eigenvalue weighted by Gasteiger charge is 2.19. The molecule has 0 N–H and O–H groups in total. The van der Waals surface area contributed by atoms with Crippen LogP contribution in [0.2, 0.25) is 0 Å². The van der Waals surface area contributed by atoms with Crippen molar-refractivity contribution in [1.82, 2.24) is 0 Å². The highest BCUT2D eigenvalue weighted by Crippen LogP contribution is 2.34. The van der Waals surface area contributed by atoms with E-state index < -0.39 is 0 Å². The third-order valence-electron chi connectivity index (χ3n) is 3.32. The first-order valence-electron chi connectivity index (χ1n) is 6.59. The van der Waals surface area contributed by atoms with E-state index in [2.05, 4.69) is 15.9 Å². The average Bonchev–Trinajstić information content (AvgIpc) is 2.53. The number of nitrogens with zero attached hydrogens (tertiary/aromatic N) is 1. The molecule has 1 heterocycles. The molecule has 0 saturated heterocycles. The summed E-state index contributed by atoms with van der Waals surface area (Å²) in [7, 11) is 1.74. The van der Waals surface area contributed by atoms with Gasteiger partial charge in [-0.15, -0.1) is 0 Å². The van der Waals surface area contributed by atoms with E-state index in [1.807, 2.05) is 36.4 Å². The van der Waals surface area contributed by atoms with Crippen LogP contribution in [0.15, 0.2) is 46.9 Å². The van der Waals surface area contributed by atoms with Gasteiger partial charge >= 0.3 is 0 Å². The van der Waals surface area contributed by atoms with Gasteiger partial charge in [-0.3, -0.25) is 4.79 Å². The lowest BCUT2D eigenvalue weighted by Crippen LogP contribution is -2.26. The Morgan fingerprint density at radius 2 is 1.81 bits per heavy atom. The zero-order chi connectivity index (χ0) is 14.8. The summed E-state index contributed by atoms with van der Waals surface area (Å²) < 4.78 is 11.8. The van der Waals surface area contributed by atoms with Gasteiger partial charge in [-0.2, -0.15) is 0 Å². The van der Waals surface area contributed by atoms with Crippen molar-refractivity contribution in [2.75, 3.05) is 25.2 Å². The highest BCUT2D eigenvalue weighted by atomic mass is 79.9. The molecule has 1 aliphatic rings. The van der Waals surface area contributed by atoms with Gasteiger partial charge in [0, 0.05) is 23.3 Å². The molecule has 0 fully saturated rings. The van der Waals surface area contributed by atoms with Crippen molar-refractivity contribution in [3.63, 3.8) is 0 Å². The third-order valence-corrected chi connectivity index (χ3v) is 4.01. The van der Waals surface area contributed by atoms with Crippen LogP contribution in [0.3, 0.4) is 0 Å². The zero-order valence-electron chi connectivity index (χ0n) is 11.5. The second-order valence-electron chi connectivity index (χ2n) is 4.67. The summed E-state index contributed by atoms with van der Waals surface area (Å²) in [6, 6.07) is 12.9. The van der Waals surface area contributed by atoms with Crippen molar-refractivity contribution in [3.05, 3.63) is 52.5 Å². The molecule has 0 saturated carbocycles. The van der Waals surface area contributed by atoms with E-state index in [0.717, 1.165) is 10.2 Å². The first-order chi connectivity index (χ1) is 10.2. The number of fused-ring (bicyclic) bond motifs is 1. The summed E-state index contributed by atoms with van der Waals surface area (Å²) in [5.41, 5.74) is 1.38. The van der Waals surface area contributed by atoms with E-state index in [1.165, 1.54) is 0 Å². The summed E-state index contributed by atoms with van der Waals surface area (Å²) in [5, 5.41) is 0. The van der Waals surface area contributed by atoms with E-state index in [0.29, 0.717) is 30.3 Å². The normalized spacial score (nSPS) is 12.9. The maximum absolute atomic E-state index is 12.6. The summed E-state index contributed by atoms with van der Waals surface area (Å²) in [6.07, 6.45) is 0. The number of hydrogen-bond donors (Lipinski definition) is 0. The number of anilines is 1. The monoisotopic (exact) mass is 347 g/mol. The van der Waals surface area contributed by atoms with Gasteiger partial charge in [0.2, 0.25) is 0 Å². The lowest BCUT2D eigenvalue weighted by Gasteiger charge is -2.22. The molecule has 4 nitrogen and oxygen atoms in total. The van der Waals surface area contributed by atoms with Crippen LogP contribution in [0.25, 0.3) is 0 Å². The summed E-state index contributed by atoms with van der Waals surface area (Å²) in [4.78, 5) is 14.2. The van der Waals surface area contributed by atoms with E-state index in [1.54, 1.807) is 18.0 Å². The predicted molar refractivity (Wildman–Crippen MR) is 84.3 cm³/mol. The fraction of sp³-hybridized carbons (Fsp3) is 0.188. The third kappa shape index (κ3) is 2.74. The molecule has 2 aromatic carbocycles. The molecule has 5 heteroatoms. The lowest BCUT2D eigenvalue weighted by atomic mass is 10.2. The van der Waals surface area contributed by atoms with Crippen molar-refractivity contribution >= 4 is 27.5 Å². The topological polar surface area (TPSA) is 38.8 Å². The molecule has 1 aliphatic heterocycles. The number of rotatable bonds is 2. The Balaban J connectivity index is 1.90. The molecule has 0 unspecified atom stereocenters. The molecule has 0 bridgehead atoms. The molecule has 0 spiro atoms. The number of amides is 1. The number of carbonyl (C=O) groups is 1. The van der Waals surface area contributed by atoms with Gasteiger partial charge in [0.15, 0.2) is 11.5 Å². The van der Waals surface area contributed by atoms with Crippen LogP contribution in [-0.2, 0) is 0 Å². The smallest absolute Gasteiger partial charge is 0.259 e. The van der Waals surface area contributed by atoms with Gasteiger partial charge in [-0.05, 0) is 40.2 Å². The van der Waals surface area contributed by atoms with Gasteiger partial charge in [-0.25, -0.2) is 0 Å². The van der Waals surface area contributed by atoms with Crippen LogP contribution in [0.1, 0.15) is 10.4 Å². The van der Waals surface area contributed by atoms with Gasteiger partial charge in [0.25, 0.3) is 5.91 Å². The maximum atomic E-state index is 12.6. The second kappa shape index (κ2) is 5.77. The Hall–Kier alpha value is -2.01. The molecule has 3 rings (SSSR count). The molecule has 2 aromatic rings. The summed E-state index contributed by atoms with van der Waals surface area (Å²) in [6.45, 7) is 1.08. The van der Waals surface area contributed by atoms with Crippen molar-refractivity contribution in [2.24, 2.45) is 0 Å². The number of halogens is 1. The molecule has 1 amide bonds. The zero-order valence-corrected chi connectivity index (χ0v) is 13.1. The van der Waals surface area contributed by atoms with Gasteiger partial charge in [0.05, 0.1) is 5.56 Å². The van der Waals surface area contributed by atoms with Crippen molar-refractivity contribution in [3.8, 4) is 11.5 Å². The van der Waals surface area contributed by atoms with Crippen LogP contribution in [0.5, 0.6) is 11.5 Å². The average molecular weight is 348 g/mol. The second-order valence-corrected chi connectivity index (χ2v) is 5.53. The Labute approximate surface area is 131 Å². The standard InChI is InChI=1S/C16H14BrNO3/c1-18(16(19)12-4-2-3-5-13(12)17)11-6-7-14-15(10-11)21-9-8-20-14/h2-7,10H,8-9H2,1H3. The maximum Gasteiger partial charge on any atom is 0.259 e. The Bertz CT molecular complexity index is 687. The summed E-state index contributed by atoms with van der Waals surface area (Å²) in [5.74, 6) is 1.30. The van der Waals surface area contributed by atoms with E-state index in [-0.39, 0.29) is 5.91 Å². The first-order valence-corrected chi connectivity index (χ1v) is 7.38. The highest BCUT2D eigenvalue weighted by molar-refractivity contribution is 9.10. The van der Waals surface area contributed by atoms with E-state index >= 15 is 0 Å². The van der Waals surface area contributed by atoms with E-state index in [9.17, 15) is 4.79 Å². The number of hydrogen-bond acceptors (Lipinski definition) is 3. The van der Waals surface area contributed by atoms with Gasteiger partial charge in [-0.1, -0.05) is 12.1 Å². The number of benzene rings is 2. The Kier molecular flexibility index (Phi) is 3.84. The molecule has 0 radical (unpaired) electrons. The Morgan fingerprint density at radius 1 is 1.10 bits per heavy atom. The van der Waals surface area contributed by atoms with Gasteiger partial charge in [0.1, 0.15) is 13.2 Å². The predicted octanol–water partition coefficient (Wildman–Crippen LogP) is 3.50. The lowest BCUT2D eigenvalue weighted by molar-refractivity contribution is 0.0992. The van der Waals surface area contributed by atoms with Gasteiger partial charge < -0.3 is 14.4 Å². The number of carbonyl (C=O) groups excluding carboxylic acids is 1. The molecule has 21 heavy (non-hydrogen) atoms. The molecular formula is C16H14BrNO3. The van der Waals surface area contributed by atoms with Crippen molar-refractivity contribution < 1.29 is 14.3 Å². The molecule has 108 valence electrons. The quantitative estimate of drug-likeness (QED) is 0.834. The molecule has 0 atom stereocenters. The van der Waals surface area contributed by atoms with Crippen LogP contribution in [0, 0.1) is 0 Å². The Morgan fingerprint density at radius 3 is 2.57 bits per heavy atom. The fourth-order valence-electron chi connectivity index (χ4n) is 2.17. The first kappa shape index (κ1) is 13.9. The largest absolute Gasteiger partial charge is 0.486 e. The van der Waals surface area contributed by atoms with Crippen molar-refractivity contribution in [2.45, 2.75) is 0 Å². The SMILES string of the molecule is CN(C(=O)c1ccccc1Br)c1ccc2c(c1)OCCO2. The minimum Gasteiger partial charge on any atom is -0.486 e. The van der Waals surface area contributed by atoms with Crippen molar-refractivity contribution in [1.29, 1.82) is 0 Å². The van der Waals surface area contributed by atoms with E-state index in [4.69, 9.17) is 9.47 Å². The molecule has 0 aromatic heterocycles. The number of ether oxygens (including phenoxy) is 2. The fourth-order valence-corrected chi connectivity index (χ4v) is 2.63. The van der Waals surface area contributed by atoms with Crippen LogP contribution in [0.4, 0.5) is 5.69 Å². The van der Waals surface area contributed by atoms with Crippen LogP contribution >= 0.6 is 15.9 Å². The molecular weight excluding hydrogens is 334 g/mol. The molecule has 0 aliphatic carbocycles. The minimum atomic E-state index is -0.0841. The van der Waals surface area contributed by atoms with Crippen LogP contribution in [-0.4, -0.2) is 26.2 Å². The summed E-state index contributed by atoms with van der Waals surface area (Å²) >= 11 is 3.41. The minimum absolute atomic E-state index is 0.0841. The van der Waals surface area contributed by atoms with Crippen LogP contribution < -0.4 is 14.4 Å².